The predicted octanol–water partition coefficient (Wildman–Crippen LogP) is 5.09. The van der Waals surface area contributed by atoms with E-state index in [0.29, 0.717) is 0 Å². The Morgan fingerprint density at radius 1 is 0.926 bits per heavy atom. The lowest BCUT2D eigenvalue weighted by molar-refractivity contribution is 0.412. The summed E-state index contributed by atoms with van der Waals surface area (Å²) in [6.07, 6.45) is 0. The summed E-state index contributed by atoms with van der Waals surface area (Å²) < 4.78 is 5.47. The van der Waals surface area contributed by atoms with Crippen molar-refractivity contribution < 1.29 is 4.74 Å². The van der Waals surface area contributed by atoms with E-state index in [1.807, 2.05) is 36.4 Å². The van der Waals surface area contributed by atoms with Crippen LogP contribution >= 0.6 is 0 Å². The monoisotopic (exact) mass is 354 g/mol. The quantitative estimate of drug-likeness (QED) is 0.474. The Morgan fingerprint density at radius 3 is 2.67 bits per heavy atom. The van der Waals surface area contributed by atoms with E-state index in [9.17, 15) is 0 Å². The van der Waals surface area contributed by atoms with E-state index < -0.39 is 0 Å². The number of rotatable bonds is 3. The van der Waals surface area contributed by atoms with Gasteiger partial charge < -0.3 is 9.72 Å². The normalized spacial score (nSPS) is 11.3. The van der Waals surface area contributed by atoms with Gasteiger partial charge in [0.2, 0.25) is 0 Å². The minimum atomic E-state index is 0.766. The first-order valence-electron chi connectivity index (χ1n) is 8.82. The molecule has 2 N–H and O–H groups in total. The van der Waals surface area contributed by atoms with Crippen molar-refractivity contribution in [3.63, 3.8) is 0 Å². The summed E-state index contributed by atoms with van der Waals surface area (Å²) in [5.41, 5.74) is 7.13. The van der Waals surface area contributed by atoms with Crippen molar-refractivity contribution in [3.05, 3.63) is 66.2 Å². The molecular weight excluding hydrogens is 336 g/mol. The number of para-hydroxylation sites is 2. The zero-order valence-corrected chi connectivity index (χ0v) is 15.1. The number of benzene rings is 3. The molecule has 0 atom stereocenters. The summed E-state index contributed by atoms with van der Waals surface area (Å²) >= 11 is 0. The maximum absolute atomic E-state index is 5.47. The first-order valence-corrected chi connectivity index (χ1v) is 8.82. The van der Waals surface area contributed by atoms with Crippen LogP contribution < -0.4 is 4.74 Å². The number of hydrogen-bond acceptors (Lipinski definition) is 3. The fraction of sp³-hybridized carbons (Fsp3) is 0.0909. The highest BCUT2D eigenvalue weighted by molar-refractivity contribution is 5.96. The molecule has 0 fully saturated rings. The van der Waals surface area contributed by atoms with Crippen molar-refractivity contribution in [1.29, 1.82) is 0 Å². The lowest BCUT2D eigenvalue weighted by atomic mass is 9.98. The standard InChI is InChI=1S/C22H18N4O/c1-13-15(6-5-9-20(13)27-2)14-10-11-17-16(12-14)21(26-25-17)22-23-18-7-3-4-8-19(18)24-22/h3-12H,1-2H3,(H,23,24)(H,25,26). The first kappa shape index (κ1) is 15.6. The number of methoxy groups -OCH3 is 1. The highest BCUT2D eigenvalue weighted by Gasteiger charge is 2.14. The van der Waals surface area contributed by atoms with Gasteiger partial charge in [-0.25, -0.2) is 4.98 Å². The maximum Gasteiger partial charge on any atom is 0.159 e. The van der Waals surface area contributed by atoms with Crippen LogP contribution in [0.5, 0.6) is 5.75 Å². The van der Waals surface area contributed by atoms with E-state index in [4.69, 9.17) is 9.72 Å². The van der Waals surface area contributed by atoms with Crippen LogP contribution in [0, 0.1) is 6.92 Å². The predicted molar refractivity (Wildman–Crippen MR) is 108 cm³/mol. The van der Waals surface area contributed by atoms with E-state index in [2.05, 4.69) is 46.4 Å². The molecule has 0 saturated heterocycles. The summed E-state index contributed by atoms with van der Waals surface area (Å²) in [5.74, 6) is 1.65. The second-order valence-electron chi connectivity index (χ2n) is 6.57. The maximum atomic E-state index is 5.47. The molecule has 0 amide bonds. The Kier molecular flexibility index (Phi) is 3.47. The zero-order valence-electron chi connectivity index (χ0n) is 15.1. The summed E-state index contributed by atoms with van der Waals surface area (Å²) in [5, 5.41) is 8.66. The minimum absolute atomic E-state index is 0.766. The highest BCUT2D eigenvalue weighted by atomic mass is 16.5. The molecule has 0 aliphatic heterocycles. The van der Waals surface area contributed by atoms with Gasteiger partial charge in [-0.2, -0.15) is 5.10 Å². The molecule has 132 valence electrons. The number of H-pyrrole nitrogens is 2. The molecule has 2 aromatic heterocycles. The number of aromatic amines is 2. The molecule has 0 unspecified atom stereocenters. The van der Waals surface area contributed by atoms with Crippen LogP contribution in [0.4, 0.5) is 0 Å². The molecule has 0 aliphatic rings. The Bertz CT molecular complexity index is 1250. The SMILES string of the molecule is COc1cccc(-c2ccc3[nH]nc(-c4nc5ccccc5[nH]4)c3c2)c1C. The van der Waals surface area contributed by atoms with Gasteiger partial charge in [0.25, 0.3) is 0 Å². The Labute approximate surface area is 156 Å². The molecule has 0 radical (unpaired) electrons. The number of nitrogens with one attached hydrogen (secondary N) is 2. The number of imidazole rings is 1. The molecule has 5 aromatic rings. The number of aromatic nitrogens is 4. The van der Waals surface area contributed by atoms with Gasteiger partial charge in [0, 0.05) is 5.39 Å². The van der Waals surface area contributed by atoms with Crippen LogP contribution in [0.25, 0.3) is 44.6 Å². The number of hydrogen-bond donors (Lipinski definition) is 2. The topological polar surface area (TPSA) is 66.6 Å². The highest BCUT2D eigenvalue weighted by Crippen LogP contribution is 2.34. The van der Waals surface area contributed by atoms with Gasteiger partial charge >= 0.3 is 0 Å². The van der Waals surface area contributed by atoms with E-state index in [0.717, 1.165) is 55.9 Å². The smallest absolute Gasteiger partial charge is 0.159 e. The van der Waals surface area contributed by atoms with Gasteiger partial charge in [0.05, 0.1) is 23.7 Å². The molecule has 5 rings (SSSR count). The second-order valence-corrected chi connectivity index (χ2v) is 6.57. The van der Waals surface area contributed by atoms with Gasteiger partial charge in [0.15, 0.2) is 5.82 Å². The average Bonchev–Trinajstić information content (AvgIpc) is 3.31. The van der Waals surface area contributed by atoms with Crippen LogP contribution in [0.1, 0.15) is 5.56 Å². The summed E-state index contributed by atoms with van der Waals surface area (Å²) in [4.78, 5) is 8.06. The molecule has 0 bridgehead atoms. The molecule has 0 spiro atoms. The zero-order chi connectivity index (χ0) is 18.4. The van der Waals surface area contributed by atoms with E-state index in [1.165, 1.54) is 0 Å². The lowest BCUT2D eigenvalue weighted by Crippen LogP contribution is -1.90. The summed E-state index contributed by atoms with van der Waals surface area (Å²) in [6, 6.07) is 20.4. The van der Waals surface area contributed by atoms with Crippen LogP contribution in [0.15, 0.2) is 60.7 Å². The Balaban J connectivity index is 1.69. The van der Waals surface area contributed by atoms with Gasteiger partial charge in [-0.05, 0) is 53.9 Å². The molecule has 0 aliphatic carbocycles. The average molecular weight is 354 g/mol. The van der Waals surface area contributed by atoms with Crippen LogP contribution in [0.3, 0.4) is 0 Å². The molecule has 3 aromatic carbocycles. The molecule has 2 heterocycles. The number of ether oxygens (including phenoxy) is 1. The van der Waals surface area contributed by atoms with Crippen molar-refractivity contribution in [1.82, 2.24) is 20.2 Å². The van der Waals surface area contributed by atoms with Gasteiger partial charge in [-0.15, -0.1) is 0 Å². The Morgan fingerprint density at radius 2 is 1.81 bits per heavy atom. The van der Waals surface area contributed by atoms with Crippen LogP contribution in [0.2, 0.25) is 0 Å². The third kappa shape index (κ3) is 2.47. The van der Waals surface area contributed by atoms with Crippen molar-refractivity contribution in [2.24, 2.45) is 0 Å². The van der Waals surface area contributed by atoms with Crippen molar-refractivity contribution in [3.8, 4) is 28.4 Å². The number of nitrogens with zero attached hydrogens (tertiary/aromatic N) is 2. The molecule has 5 nitrogen and oxygen atoms in total. The number of fused-ring (bicyclic) bond motifs is 2. The van der Waals surface area contributed by atoms with Crippen molar-refractivity contribution in [2.45, 2.75) is 6.92 Å². The summed E-state index contributed by atoms with van der Waals surface area (Å²) in [7, 11) is 1.70. The molecule has 0 saturated carbocycles. The summed E-state index contributed by atoms with van der Waals surface area (Å²) in [6.45, 7) is 2.08. The van der Waals surface area contributed by atoms with E-state index in [1.54, 1.807) is 7.11 Å². The molecule has 27 heavy (non-hydrogen) atoms. The minimum Gasteiger partial charge on any atom is -0.496 e. The Hall–Kier alpha value is -3.60. The van der Waals surface area contributed by atoms with Crippen molar-refractivity contribution >= 4 is 21.9 Å². The van der Waals surface area contributed by atoms with Gasteiger partial charge in [-0.3, -0.25) is 5.10 Å². The second kappa shape index (κ2) is 5.99. The van der Waals surface area contributed by atoms with Gasteiger partial charge in [-0.1, -0.05) is 30.3 Å². The largest absolute Gasteiger partial charge is 0.496 e. The van der Waals surface area contributed by atoms with E-state index in [-0.39, 0.29) is 0 Å². The fourth-order valence-electron chi connectivity index (χ4n) is 3.58. The van der Waals surface area contributed by atoms with Crippen LogP contribution in [-0.2, 0) is 0 Å². The third-order valence-corrected chi connectivity index (χ3v) is 4.99. The van der Waals surface area contributed by atoms with Gasteiger partial charge in [0.1, 0.15) is 11.4 Å². The lowest BCUT2D eigenvalue weighted by Gasteiger charge is -2.10. The third-order valence-electron chi connectivity index (χ3n) is 4.99. The van der Waals surface area contributed by atoms with Crippen LogP contribution in [-0.4, -0.2) is 27.3 Å². The van der Waals surface area contributed by atoms with Crippen molar-refractivity contribution in [2.75, 3.05) is 7.11 Å². The molecular formula is C22H18N4O. The first-order chi connectivity index (χ1) is 13.2. The van der Waals surface area contributed by atoms with E-state index >= 15 is 0 Å². The molecule has 5 heteroatoms. The fourth-order valence-corrected chi connectivity index (χ4v) is 3.58.